The van der Waals surface area contributed by atoms with Crippen LogP contribution in [0.15, 0.2) is 41.7 Å². The minimum atomic E-state index is -0.0535. The summed E-state index contributed by atoms with van der Waals surface area (Å²) in [5, 5.41) is 0. The van der Waals surface area contributed by atoms with Gasteiger partial charge in [-0.05, 0) is 31.0 Å². The smallest absolute Gasteiger partial charge is 0.225 e. The van der Waals surface area contributed by atoms with Gasteiger partial charge < -0.3 is 15.5 Å². The highest BCUT2D eigenvalue weighted by atomic mass is 15.3. The first-order valence-corrected chi connectivity index (χ1v) is 9.51. The van der Waals surface area contributed by atoms with Crippen molar-refractivity contribution in [3.8, 4) is 0 Å². The van der Waals surface area contributed by atoms with Crippen LogP contribution in [-0.4, -0.2) is 53.6 Å². The first-order valence-electron chi connectivity index (χ1n) is 9.51. The molecule has 1 aliphatic rings. The van der Waals surface area contributed by atoms with Gasteiger partial charge in [0.15, 0.2) is 5.96 Å². The molecule has 2 aromatic rings. The van der Waals surface area contributed by atoms with Gasteiger partial charge in [0.1, 0.15) is 0 Å². The van der Waals surface area contributed by atoms with Crippen LogP contribution >= 0.6 is 0 Å². The largest absolute Gasteiger partial charge is 0.370 e. The van der Waals surface area contributed by atoms with E-state index in [0.717, 1.165) is 32.1 Å². The lowest BCUT2D eigenvalue weighted by Crippen LogP contribution is -2.51. The van der Waals surface area contributed by atoms with Gasteiger partial charge in [0.25, 0.3) is 0 Å². The van der Waals surface area contributed by atoms with Crippen molar-refractivity contribution in [2.45, 2.75) is 33.1 Å². The molecule has 6 nitrogen and oxygen atoms in total. The van der Waals surface area contributed by atoms with E-state index in [0.29, 0.717) is 12.5 Å². The summed E-state index contributed by atoms with van der Waals surface area (Å²) in [5.74, 6) is 1.41. The highest BCUT2D eigenvalue weighted by molar-refractivity contribution is 5.78. The van der Waals surface area contributed by atoms with E-state index in [-0.39, 0.29) is 5.41 Å². The summed E-state index contributed by atoms with van der Waals surface area (Å²) in [5.41, 5.74) is 10.2. The fourth-order valence-electron chi connectivity index (χ4n) is 3.63. The number of benzene rings is 1. The number of rotatable bonds is 4. The van der Waals surface area contributed by atoms with Gasteiger partial charge in [-0.1, -0.05) is 37.6 Å². The molecule has 1 aliphatic heterocycles. The van der Waals surface area contributed by atoms with Gasteiger partial charge in [-0.25, -0.2) is 9.97 Å². The van der Waals surface area contributed by atoms with Crippen molar-refractivity contribution >= 4 is 11.9 Å². The summed E-state index contributed by atoms with van der Waals surface area (Å²) in [4.78, 5) is 17.7. The molecule has 3 rings (SSSR count). The average Bonchev–Trinajstić information content (AvgIpc) is 2.67. The zero-order valence-corrected chi connectivity index (χ0v) is 16.8. The monoisotopic (exact) mass is 366 g/mol. The predicted octanol–water partition coefficient (Wildman–Crippen LogP) is 2.51. The lowest BCUT2D eigenvalue weighted by atomic mass is 9.81. The normalized spacial score (nSPS) is 15.9. The van der Waals surface area contributed by atoms with Crippen molar-refractivity contribution in [1.82, 2.24) is 14.9 Å². The summed E-state index contributed by atoms with van der Waals surface area (Å²) in [6, 6.07) is 8.45. The second-order valence-corrected chi connectivity index (χ2v) is 7.90. The number of hydrogen-bond donors (Lipinski definition) is 1. The minimum Gasteiger partial charge on any atom is -0.370 e. The number of piperazine rings is 1. The van der Waals surface area contributed by atoms with E-state index < -0.39 is 0 Å². The van der Waals surface area contributed by atoms with Crippen LogP contribution in [0.25, 0.3) is 0 Å². The number of aliphatic imine (C=N–C) groups is 1. The number of nitrogens with two attached hydrogens (primary N) is 1. The molecule has 0 amide bonds. The Hall–Kier alpha value is -2.63. The number of anilines is 1. The zero-order valence-electron chi connectivity index (χ0n) is 16.8. The average molecular weight is 367 g/mol. The van der Waals surface area contributed by atoms with Crippen molar-refractivity contribution in [2.75, 3.05) is 37.6 Å². The number of aryl methyl sites for hydroxylation is 2. The second kappa shape index (κ2) is 7.94. The van der Waals surface area contributed by atoms with Crippen molar-refractivity contribution < 1.29 is 0 Å². The molecule has 1 aromatic heterocycles. The quantitative estimate of drug-likeness (QED) is 0.665. The number of guanidine groups is 1. The Morgan fingerprint density at radius 2 is 1.78 bits per heavy atom. The SMILES string of the molecule is Cc1ccc(C(C)(C)CN=C(N)N2CCN(c3ncccn3)CC2)c(C)c1. The van der Waals surface area contributed by atoms with Crippen LogP contribution in [0.5, 0.6) is 0 Å². The Morgan fingerprint density at radius 3 is 2.41 bits per heavy atom. The fraction of sp³-hybridized carbons (Fsp3) is 0.476. The number of hydrogen-bond acceptors (Lipinski definition) is 4. The molecule has 0 unspecified atom stereocenters. The summed E-state index contributed by atoms with van der Waals surface area (Å²) in [7, 11) is 0. The minimum absolute atomic E-state index is 0.0535. The Labute approximate surface area is 162 Å². The summed E-state index contributed by atoms with van der Waals surface area (Å²) >= 11 is 0. The summed E-state index contributed by atoms with van der Waals surface area (Å²) < 4.78 is 0. The van der Waals surface area contributed by atoms with Crippen LogP contribution in [-0.2, 0) is 5.41 Å². The molecule has 2 N–H and O–H groups in total. The van der Waals surface area contributed by atoms with Gasteiger partial charge in [0, 0.05) is 44.0 Å². The van der Waals surface area contributed by atoms with Crippen LogP contribution in [0, 0.1) is 13.8 Å². The van der Waals surface area contributed by atoms with Gasteiger partial charge in [0.2, 0.25) is 5.95 Å². The van der Waals surface area contributed by atoms with Crippen LogP contribution in [0.4, 0.5) is 5.95 Å². The Balaban J connectivity index is 1.61. The lowest BCUT2D eigenvalue weighted by molar-refractivity contribution is 0.376. The lowest BCUT2D eigenvalue weighted by Gasteiger charge is -2.35. The first kappa shape index (κ1) is 19.1. The molecule has 1 fully saturated rings. The molecule has 2 heterocycles. The number of nitrogens with zero attached hydrogens (tertiary/aromatic N) is 5. The maximum absolute atomic E-state index is 6.31. The molecule has 27 heavy (non-hydrogen) atoms. The molecule has 0 radical (unpaired) electrons. The van der Waals surface area contributed by atoms with E-state index in [1.165, 1.54) is 16.7 Å². The third-order valence-electron chi connectivity index (χ3n) is 5.19. The van der Waals surface area contributed by atoms with E-state index in [1.54, 1.807) is 12.4 Å². The molecule has 0 saturated carbocycles. The Bertz CT molecular complexity index is 792. The van der Waals surface area contributed by atoms with E-state index in [4.69, 9.17) is 10.7 Å². The molecule has 0 atom stereocenters. The third-order valence-corrected chi connectivity index (χ3v) is 5.19. The maximum Gasteiger partial charge on any atom is 0.225 e. The van der Waals surface area contributed by atoms with Gasteiger partial charge in [-0.15, -0.1) is 0 Å². The van der Waals surface area contributed by atoms with Crippen LogP contribution in [0.3, 0.4) is 0 Å². The van der Waals surface area contributed by atoms with E-state index >= 15 is 0 Å². The molecular weight excluding hydrogens is 336 g/mol. The highest BCUT2D eigenvalue weighted by Crippen LogP contribution is 2.27. The van der Waals surface area contributed by atoms with Gasteiger partial charge in [0.05, 0.1) is 6.54 Å². The van der Waals surface area contributed by atoms with Crippen molar-refractivity contribution in [1.29, 1.82) is 0 Å². The van der Waals surface area contributed by atoms with Crippen molar-refractivity contribution in [2.24, 2.45) is 10.7 Å². The van der Waals surface area contributed by atoms with Crippen LogP contribution in [0.2, 0.25) is 0 Å². The molecule has 0 bridgehead atoms. The summed E-state index contributed by atoms with van der Waals surface area (Å²) in [6.07, 6.45) is 3.55. The van der Waals surface area contributed by atoms with Crippen molar-refractivity contribution in [3.63, 3.8) is 0 Å². The molecule has 0 spiro atoms. The molecule has 0 aliphatic carbocycles. The Morgan fingerprint density at radius 1 is 1.11 bits per heavy atom. The molecular formula is C21H30N6. The number of aromatic nitrogens is 2. The predicted molar refractivity (Wildman–Crippen MR) is 111 cm³/mol. The zero-order chi connectivity index (χ0) is 19.4. The second-order valence-electron chi connectivity index (χ2n) is 7.90. The maximum atomic E-state index is 6.31. The fourth-order valence-corrected chi connectivity index (χ4v) is 3.63. The molecule has 6 heteroatoms. The van der Waals surface area contributed by atoms with Gasteiger partial charge >= 0.3 is 0 Å². The van der Waals surface area contributed by atoms with Gasteiger partial charge in [-0.3, -0.25) is 4.99 Å². The summed E-state index contributed by atoms with van der Waals surface area (Å²) in [6.45, 7) is 12.8. The van der Waals surface area contributed by atoms with Crippen molar-refractivity contribution in [3.05, 3.63) is 53.3 Å². The van der Waals surface area contributed by atoms with E-state index in [1.807, 2.05) is 6.07 Å². The highest BCUT2D eigenvalue weighted by Gasteiger charge is 2.24. The van der Waals surface area contributed by atoms with Crippen LogP contribution < -0.4 is 10.6 Å². The first-order chi connectivity index (χ1) is 12.9. The molecule has 1 saturated heterocycles. The van der Waals surface area contributed by atoms with E-state index in [2.05, 4.69) is 65.7 Å². The van der Waals surface area contributed by atoms with Crippen LogP contribution in [0.1, 0.15) is 30.5 Å². The molecule has 1 aromatic carbocycles. The standard InChI is InChI=1S/C21H30N6/c1-16-6-7-18(17(2)14-16)21(3,4)15-25-19(22)26-10-12-27(13-11-26)20-23-8-5-9-24-20/h5-9,14H,10-13,15H2,1-4H3,(H2,22,25). The Kier molecular flexibility index (Phi) is 5.63. The topological polar surface area (TPSA) is 70.6 Å². The molecule has 144 valence electrons. The third kappa shape index (κ3) is 4.56. The van der Waals surface area contributed by atoms with Gasteiger partial charge in [-0.2, -0.15) is 0 Å². The van der Waals surface area contributed by atoms with E-state index in [9.17, 15) is 0 Å².